The first kappa shape index (κ1) is 12.4. The highest BCUT2D eigenvalue weighted by Gasteiger charge is 2.31. The predicted octanol–water partition coefficient (Wildman–Crippen LogP) is 1.52. The van der Waals surface area contributed by atoms with Gasteiger partial charge < -0.3 is 4.57 Å². The van der Waals surface area contributed by atoms with Gasteiger partial charge >= 0.3 is 0 Å². The Labute approximate surface area is 113 Å². The summed E-state index contributed by atoms with van der Waals surface area (Å²) >= 11 is 0. The van der Waals surface area contributed by atoms with Crippen molar-refractivity contribution < 1.29 is 0 Å². The zero-order chi connectivity index (χ0) is 13.2. The van der Waals surface area contributed by atoms with Crippen molar-refractivity contribution in [1.29, 1.82) is 0 Å². The lowest BCUT2D eigenvalue weighted by molar-refractivity contribution is 0.382. The second-order valence-electron chi connectivity index (χ2n) is 5.28. The molecule has 1 aromatic carbocycles. The SMILES string of the molecule is Cn1ccnc1CCC(NN)C1Cc2ccccc21. The van der Waals surface area contributed by atoms with Crippen LogP contribution < -0.4 is 11.3 Å². The molecule has 2 atom stereocenters. The lowest BCUT2D eigenvalue weighted by atomic mass is 9.72. The fourth-order valence-corrected chi connectivity index (χ4v) is 2.98. The van der Waals surface area contributed by atoms with Gasteiger partial charge in [0, 0.05) is 37.8 Å². The van der Waals surface area contributed by atoms with Gasteiger partial charge in [0.15, 0.2) is 0 Å². The van der Waals surface area contributed by atoms with Gasteiger partial charge in [-0.1, -0.05) is 24.3 Å². The number of nitrogens with two attached hydrogens (primary N) is 1. The third-order valence-electron chi connectivity index (χ3n) is 4.19. The van der Waals surface area contributed by atoms with Gasteiger partial charge in [0.2, 0.25) is 0 Å². The minimum atomic E-state index is 0.326. The van der Waals surface area contributed by atoms with E-state index in [1.54, 1.807) is 0 Å². The largest absolute Gasteiger partial charge is 0.338 e. The van der Waals surface area contributed by atoms with Gasteiger partial charge in [-0.3, -0.25) is 11.3 Å². The van der Waals surface area contributed by atoms with Crippen LogP contribution in [0.15, 0.2) is 36.7 Å². The van der Waals surface area contributed by atoms with Crippen LogP contribution in [0, 0.1) is 0 Å². The van der Waals surface area contributed by atoms with Gasteiger partial charge in [0.25, 0.3) is 0 Å². The highest BCUT2D eigenvalue weighted by atomic mass is 15.2. The first-order chi connectivity index (χ1) is 9.29. The minimum Gasteiger partial charge on any atom is -0.338 e. The third-order valence-corrected chi connectivity index (χ3v) is 4.19. The Balaban J connectivity index is 1.65. The van der Waals surface area contributed by atoms with E-state index in [9.17, 15) is 0 Å². The molecular formula is C15H20N4. The van der Waals surface area contributed by atoms with Gasteiger partial charge in [-0.2, -0.15) is 0 Å². The van der Waals surface area contributed by atoms with Crippen LogP contribution in [0.3, 0.4) is 0 Å². The number of aromatic nitrogens is 2. The standard InChI is InChI=1S/C15H20N4/c1-19-9-8-17-15(19)7-6-14(18-16)13-10-11-4-2-3-5-12(11)13/h2-5,8-9,13-14,18H,6-7,10,16H2,1H3. The van der Waals surface area contributed by atoms with E-state index >= 15 is 0 Å². The Morgan fingerprint density at radius 3 is 3.00 bits per heavy atom. The highest BCUT2D eigenvalue weighted by Crippen LogP contribution is 2.38. The summed E-state index contributed by atoms with van der Waals surface area (Å²) in [5, 5.41) is 0. The van der Waals surface area contributed by atoms with E-state index in [0.717, 1.165) is 25.1 Å². The fourth-order valence-electron chi connectivity index (χ4n) is 2.98. The molecule has 2 aromatic rings. The minimum absolute atomic E-state index is 0.326. The van der Waals surface area contributed by atoms with Crippen LogP contribution in [-0.4, -0.2) is 15.6 Å². The molecule has 0 fully saturated rings. The zero-order valence-corrected chi connectivity index (χ0v) is 11.2. The Morgan fingerprint density at radius 2 is 2.32 bits per heavy atom. The molecule has 0 radical (unpaired) electrons. The van der Waals surface area contributed by atoms with E-state index in [1.165, 1.54) is 11.1 Å². The Kier molecular flexibility index (Phi) is 3.36. The monoisotopic (exact) mass is 256 g/mol. The van der Waals surface area contributed by atoms with Crippen molar-refractivity contribution in [2.45, 2.75) is 31.2 Å². The summed E-state index contributed by atoms with van der Waals surface area (Å²) in [4.78, 5) is 4.36. The second kappa shape index (κ2) is 5.15. The second-order valence-corrected chi connectivity index (χ2v) is 5.28. The van der Waals surface area contributed by atoms with Crippen molar-refractivity contribution >= 4 is 0 Å². The summed E-state index contributed by atoms with van der Waals surface area (Å²) < 4.78 is 2.07. The lowest BCUT2D eigenvalue weighted by Crippen LogP contribution is -2.44. The summed E-state index contributed by atoms with van der Waals surface area (Å²) in [6.07, 6.45) is 6.93. The number of hydrogen-bond donors (Lipinski definition) is 2. The normalized spacial score (nSPS) is 18.7. The molecule has 0 saturated heterocycles. The molecule has 3 N–H and O–H groups in total. The molecule has 0 amide bonds. The van der Waals surface area contributed by atoms with Crippen LogP contribution >= 0.6 is 0 Å². The summed E-state index contributed by atoms with van der Waals surface area (Å²) in [7, 11) is 2.03. The van der Waals surface area contributed by atoms with Crippen molar-refractivity contribution in [3.63, 3.8) is 0 Å². The molecule has 19 heavy (non-hydrogen) atoms. The van der Waals surface area contributed by atoms with E-state index in [0.29, 0.717) is 12.0 Å². The highest BCUT2D eigenvalue weighted by molar-refractivity contribution is 5.41. The molecule has 0 aliphatic heterocycles. The number of nitrogens with one attached hydrogen (secondary N) is 1. The van der Waals surface area contributed by atoms with Crippen LogP contribution in [0.5, 0.6) is 0 Å². The molecule has 100 valence electrons. The van der Waals surface area contributed by atoms with Crippen molar-refractivity contribution in [3.8, 4) is 0 Å². The average Bonchev–Trinajstić information content (AvgIpc) is 2.80. The van der Waals surface area contributed by atoms with Crippen molar-refractivity contribution in [2.24, 2.45) is 12.9 Å². The predicted molar refractivity (Wildman–Crippen MR) is 75.5 cm³/mol. The van der Waals surface area contributed by atoms with E-state index in [1.807, 2.05) is 19.4 Å². The van der Waals surface area contributed by atoms with Gasteiger partial charge in [-0.25, -0.2) is 4.98 Å². The third kappa shape index (κ3) is 2.29. The van der Waals surface area contributed by atoms with E-state index < -0.39 is 0 Å². The van der Waals surface area contributed by atoms with Gasteiger partial charge in [-0.15, -0.1) is 0 Å². The van der Waals surface area contributed by atoms with Crippen molar-refractivity contribution in [2.75, 3.05) is 0 Å². The van der Waals surface area contributed by atoms with Crippen LogP contribution in [0.1, 0.15) is 29.3 Å². The molecule has 4 heteroatoms. The molecule has 1 aliphatic carbocycles. The maximum atomic E-state index is 5.74. The van der Waals surface area contributed by atoms with E-state index in [-0.39, 0.29) is 0 Å². The number of imidazole rings is 1. The molecular weight excluding hydrogens is 236 g/mol. The van der Waals surface area contributed by atoms with Gasteiger partial charge in [0.05, 0.1) is 0 Å². The topological polar surface area (TPSA) is 55.9 Å². The molecule has 3 rings (SSSR count). The van der Waals surface area contributed by atoms with Crippen LogP contribution in [-0.2, 0) is 19.9 Å². The summed E-state index contributed by atoms with van der Waals surface area (Å²) in [5.74, 6) is 7.40. The van der Waals surface area contributed by atoms with Crippen molar-refractivity contribution in [1.82, 2.24) is 15.0 Å². The Hall–Kier alpha value is -1.65. The molecule has 0 saturated carbocycles. The number of nitrogens with zero attached hydrogens (tertiary/aromatic N) is 2. The first-order valence-corrected chi connectivity index (χ1v) is 6.79. The average molecular weight is 256 g/mol. The number of aryl methyl sites for hydroxylation is 2. The molecule has 1 aliphatic rings. The number of benzene rings is 1. The quantitative estimate of drug-likeness (QED) is 0.630. The number of hydrazine groups is 1. The summed E-state index contributed by atoms with van der Waals surface area (Å²) in [6.45, 7) is 0. The van der Waals surface area contributed by atoms with Crippen molar-refractivity contribution in [3.05, 3.63) is 53.6 Å². The van der Waals surface area contributed by atoms with E-state index in [2.05, 4.69) is 39.2 Å². The first-order valence-electron chi connectivity index (χ1n) is 6.79. The number of rotatable bonds is 5. The molecule has 1 aromatic heterocycles. The number of fused-ring (bicyclic) bond motifs is 1. The molecule has 4 nitrogen and oxygen atoms in total. The molecule has 1 heterocycles. The lowest BCUT2D eigenvalue weighted by Gasteiger charge is -2.36. The molecule has 0 spiro atoms. The molecule has 2 unspecified atom stereocenters. The van der Waals surface area contributed by atoms with E-state index in [4.69, 9.17) is 5.84 Å². The zero-order valence-electron chi connectivity index (χ0n) is 11.2. The Bertz CT molecular complexity index is 561. The van der Waals surface area contributed by atoms with Crippen LogP contribution in [0.25, 0.3) is 0 Å². The van der Waals surface area contributed by atoms with Gasteiger partial charge in [0.1, 0.15) is 5.82 Å². The molecule has 0 bridgehead atoms. The number of hydrogen-bond acceptors (Lipinski definition) is 3. The maximum Gasteiger partial charge on any atom is 0.108 e. The Morgan fingerprint density at radius 1 is 1.47 bits per heavy atom. The van der Waals surface area contributed by atoms with Crippen LogP contribution in [0.2, 0.25) is 0 Å². The summed E-state index contributed by atoms with van der Waals surface area (Å²) in [5.41, 5.74) is 5.90. The van der Waals surface area contributed by atoms with Crippen LogP contribution in [0.4, 0.5) is 0 Å². The summed E-state index contributed by atoms with van der Waals surface area (Å²) in [6, 6.07) is 8.96. The maximum absolute atomic E-state index is 5.74. The van der Waals surface area contributed by atoms with Gasteiger partial charge in [-0.05, 0) is 24.0 Å². The smallest absolute Gasteiger partial charge is 0.108 e. The fraction of sp³-hybridized carbons (Fsp3) is 0.400.